The van der Waals surface area contributed by atoms with Gasteiger partial charge in [-0.25, -0.2) is 9.69 Å². The zero-order chi connectivity index (χ0) is 23.2. The molecule has 1 aromatic carbocycles. The lowest BCUT2D eigenvalue weighted by Crippen LogP contribution is -2.54. The number of hydrogen-bond acceptors (Lipinski definition) is 7. The molecule has 8 nitrogen and oxygen atoms in total. The Bertz CT molecular complexity index is 1270. The van der Waals surface area contributed by atoms with Gasteiger partial charge in [-0.1, -0.05) is 18.2 Å². The third-order valence-corrected chi connectivity index (χ3v) is 9.05. The third-order valence-electron chi connectivity index (χ3n) is 7.86. The standard InChI is InChI=1S/C24H23N3O5S/c1-11-12(2)33-21(16(11)22(30)32-3)27-19(28)17-15-9-6-10-26(15)24(18(17)20(27)29)13-7-4-5-8-14(13)25-23(24)31/h4-5,7-8,15,17-18H,6,9-10H2,1-3H3,(H,25,31)/t15-,17+,18+,24-/m0/s1. The van der Waals surface area contributed by atoms with Gasteiger partial charge in [-0.2, -0.15) is 0 Å². The molecule has 1 aromatic heterocycles. The van der Waals surface area contributed by atoms with Gasteiger partial charge in [0.15, 0.2) is 0 Å². The van der Waals surface area contributed by atoms with Crippen LogP contribution in [0.15, 0.2) is 24.3 Å². The van der Waals surface area contributed by atoms with Gasteiger partial charge < -0.3 is 10.1 Å². The molecule has 170 valence electrons. The van der Waals surface area contributed by atoms with E-state index < -0.39 is 29.3 Å². The summed E-state index contributed by atoms with van der Waals surface area (Å²) in [5, 5.41) is 3.26. The Morgan fingerprint density at radius 3 is 2.70 bits per heavy atom. The minimum absolute atomic E-state index is 0.197. The first-order valence-electron chi connectivity index (χ1n) is 11.1. The van der Waals surface area contributed by atoms with Crippen LogP contribution in [0.4, 0.5) is 10.7 Å². The molecular formula is C24H23N3O5S. The fourth-order valence-corrected chi connectivity index (χ4v) is 7.62. The van der Waals surface area contributed by atoms with Crippen molar-refractivity contribution in [2.75, 3.05) is 23.9 Å². The lowest BCUT2D eigenvalue weighted by Gasteiger charge is -2.36. The molecule has 3 amide bonds. The summed E-state index contributed by atoms with van der Waals surface area (Å²) in [6.07, 6.45) is 1.61. The average Bonchev–Trinajstić information content (AvgIpc) is 3.55. The maximum Gasteiger partial charge on any atom is 0.341 e. The van der Waals surface area contributed by atoms with Crippen molar-refractivity contribution in [3.63, 3.8) is 0 Å². The molecule has 4 aliphatic heterocycles. The number of thiophene rings is 1. The summed E-state index contributed by atoms with van der Waals surface area (Å²) in [6.45, 7) is 4.29. The topological polar surface area (TPSA) is 96.0 Å². The number of carbonyl (C=O) groups is 4. The highest BCUT2D eigenvalue weighted by Gasteiger charge is 2.74. The first-order chi connectivity index (χ1) is 15.8. The van der Waals surface area contributed by atoms with Crippen LogP contribution in [0.25, 0.3) is 0 Å². The van der Waals surface area contributed by atoms with Crippen molar-refractivity contribution in [3.05, 3.63) is 45.8 Å². The van der Waals surface area contributed by atoms with E-state index in [1.54, 1.807) is 6.92 Å². The fourth-order valence-electron chi connectivity index (χ4n) is 6.47. The quantitative estimate of drug-likeness (QED) is 0.541. The zero-order valence-corrected chi connectivity index (χ0v) is 19.3. The number of para-hydroxylation sites is 1. The number of esters is 1. The minimum Gasteiger partial charge on any atom is -0.465 e. The Morgan fingerprint density at radius 1 is 1.18 bits per heavy atom. The van der Waals surface area contributed by atoms with Crippen LogP contribution in [0.3, 0.4) is 0 Å². The van der Waals surface area contributed by atoms with E-state index >= 15 is 0 Å². The van der Waals surface area contributed by atoms with Crippen molar-refractivity contribution >= 4 is 45.7 Å². The number of nitrogens with one attached hydrogen (secondary N) is 1. The molecule has 3 fully saturated rings. The number of imide groups is 1. The van der Waals surface area contributed by atoms with Crippen LogP contribution < -0.4 is 10.2 Å². The molecule has 0 saturated carbocycles. The number of methoxy groups -OCH3 is 1. The highest BCUT2D eigenvalue weighted by Crippen LogP contribution is 2.61. The normalized spacial score (nSPS) is 30.1. The van der Waals surface area contributed by atoms with E-state index in [0.29, 0.717) is 22.8 Å². The number of fused-ring (bicyclic) bond motifs is 7. The van der Waals surface area contributed by atoms with Crippen molar-refractivity contribution in [1.29, 1.82) is 0 Å². The SMILES string of the molecule is COC(=O)c1c(N2C(=O)[C@@H]3[C@@H]4CCCN4[C@]4(C(=O)Nc5ccccc54)[C@H]3C2=O)sc(C)c1C. The van der Waals surface area contributed by atoms with Crippen molar-refractivity contribution in [1.82, 2.24) is 4.90 Å². The van der Waals surface area contributed by atoms with E-state index in [1.165, 1.54) is 18.4 Å². The van der Waals surface area contributed by atoms with Crippen LogP contribution in [-0.4, -0.2) is 48.3 Å². The highest BCUT2D eigenvalue weighted by molar-refractivity contribution is 7.17. The van der Waals surface area contributed by atoms with Gasteiger partial charge in [-0.3, -0.25) is 19.3 Å². The van der Waals surface area contributed by atoms with Crippen LogP contribution in [0.5, 0.6) is 0 Å². The summed E-state index contributed by atoms with van der Waals surface area (Å²) in [5.41, 5.74) is 1.17. The molecule has 0 radical (unpaired) electrons. The second-order valence-electron chi connectivity index (χ2n) is 9.14. The van der Waals surface area contributed by atoms with E-state index in [0.717, 1.165) is 28.2 Å². The van der Waals surface area contributed by atoms with E-state index in [9.17, 15) is 19.2 Å². The van der Waals surface area contributed by atoms with Crippen LogP contribution in [0.2, 0.25) is 0 Å². The van der Waals surface area contributed by atoms with Crippen molar-refractivity contribution in [2.45, 2.75) is 38.3 Å². The maximum atomic E-state index is 14.1. The average molecular weight is 466 g/mol. The number of nitrogens with zero attached hydrogens (tertiary/aromatic N) is 2. The number of amides is 3. The molecule has 3 saturated heterocycles. The first-order valence-corrected chi connectivity index (χ1v) is 11.9. The van der Waals surface area contributed by atoms with Gasteiger partial charge in [0.05, 0.1) is 24.5 Å². The lowest BCUT2D eigenvalue weighted by molar-refractivity contribution is -0.135. The van der Waals surface area contributed by atoms with Gasteiger partial charge in [-0.05, 0) is 44.9 Å². The van der Waals surface area contributed by atoms with E-state index in [1.807, 2.05) is 31.2 Å². The Labute approximate surface area is 194 Å². The Balaban J connectivity index is 1.55. The van der Waals surface area contributed by atoms with Crippen molar-refractivity contribution < 1.29 is 23.9 Å². The van der Waals surface area contributed by atoms with E-state index in [4.69, 9.17) is 4.74 Å². The number of ether oxygens (including phenoxy) is 1. The largest absolute Gasteiger partial charge is 0.465 e. The van der Waals surface area contributed by atoms with Crippen LogP contribution in [-0.2, 0) is 24.7 Å². The summed E-state index contributed by atoms with van der Waals surface area (Å²) < 4.78 is 4.97. The van der Waals surface area contributed by atoms with Crippen LogP contribution in [0.1, 0.15) is 39.2 Å². The lowest BCUT2D eigenvalue weighted by atomic mass is 9.75. The smallest absolute Gasteiger partial charge is 0.341 e. The molecular weight excluding hydrogens is 442 g/mol. The van der Waals surface area contributed by atoms with Gasteiger partial charge in [0, 0.05) is 22.2 Å². The Morgan fingerprint density at radius 2 is 1.94 bits per heavy atom. The molecule has 33 heavy (non-hydrogen) atoms. The molecule has 0 aliphatic carbocycles. The molecule has 2 aromatic rings. The fraction of sp³-hybridized carbons (Fsp3) is 0.417. The first kappa shape index (κ1) is 20.6. The van der Waals surface area contributed by atoms with Crippen molar-refractivity contribution in [2.24, 2.45) is 11.8 Å². The molecule has 5 heterocycles. The highest BCUT2D eigenvalue weighted by atomic mass is 32.1. The second-order valence-corrected chi connectivity index (χ2v) is 10.3. The summed E-state index contributed by atoms with van der Waals surface area (Å²) in [6, 6.07) is 7.22. The summed E-state index contributed by atoms with van der Waals surface area (Å²) >= 11 is 1.24. The third kappa shape index (κ3) is 2.29. The van der Waals surface area contributed by atoms with E-state index in [-0.39, 0.29) is 23.4 Å². The van der Waals surface area contributed by atoms with Crippen LogP contribution in [0, 0.1) is 25.7 Å². The number of rotatable bonds is 2. The Kier molecular flexibility index (Phi) is 4.20. The number of anilines is 2. The summed E-state index contributed by atoms with van der Waals surface area (Å²) in [4.78, 5) is 58.3. The predicted molar refractivity (Wildman–Crippen MR) is 121 cm³/mol. The Hall–Kier alpha value is -3.04. The molecule has 4 atom stereocenters. The minimum atomic E-state index is -1.21. The molecule has 1 spiro atoms. The number of aryl methyl sites for hydroxylation is 1. The van der Waals surface area contributed by atoms with E-state index in [2.05, 4.69) is 10.2 Å². The van der Waals surface area contributed by atoms with Gasteiger partial charge in [0.25, 0.3) is 0 Å². The van der Waals surface area contributed by atoms with Crippen LogP contribution >= 0.6 is 11.3 Å². The molecule has 4 aliphatic rings. The zero-order valence-electron chi connectivity index (χ0n) is 18.5. The molecule has 6 rings (SSSR count). The number of carbonyl (C=O) groups excluding carboxylic acids is 4. The number of benzene rings is 1. The summed E-state index contributed by atoms with van der Waals surface area (Å²) in [7, 11) is 1.28. The predicted octanol–water partition coefficient (Wildman–Crippen LogP) is 2.58. The summed E-state index contributed by atoms with van der Waals surface area (Å²) in [5.74, 6) is -3.05. The molecule has 0 unspecified atom stereocenters. The van der Waals surface area contributed by atoms with Crippen molar-refractivity contribution in [3.8, 4) is 0 Å². The molecule has 0 bridgehead atoms. The van der Waals surface area contributed by atoms with Gasteiger partial charge >= 0.3 is 5.97 Å². The van der Waals surface area contributed by atoms with Gasteiger partial charge in [0.2, 0.25) is 17.7 Å². The monoisotopic (exact) mass is 465 g/mol. The van der Waals surface area contributed by atoms with Gasteiger partial charge in [-0.15, -0.1) is 11.3 Å². The van der Waals surface area contributed by atoms with Gasteiger partial charge in [0.1, 0.15) is 10.5 Å². The maximum absolute atomic E-state index is 14.1. The molecule has 9 heteroatoms. The molecule has 1 N–H and O–H groups in total. The second kappa shape index (κ2) is 6.74. The number of hydrogen-bond donors (Lipinski definition) is 1.